The summed E-state index contributed by atoms with van der Waals surface area (Å²) in [6.07, 6.45) is 6.72. The van der Waals surface area contributed by atoms with Gasteiger partial charge in [0.15, 0.2) is 6.19 Å². The molecule has 2 amide bonds. The first-order valence-electron chi connectivity index (χ1n) is 11.8. The number of carbonyl (C=O) groups excluding carboxylic acids is 2. The first-order valence-corrected chi connectivity index (χ1v) is 11.8. The summed E-state index contributed by atoms with van der Waals surface area (Å²) in [6.45, 7) is 2.53. The average Bonchev–Trinajstić information content (AvgIpc) is 3.46. The van der Waals surface area contributed by atoms with Crippen molar-refractivity contribution in [3.8, 4) is 6.19 Å². The highest BCUT2D eigenvalue weighted by Crippen LogP contribution is 2.17. The molecular formula is C24H30FN7O2. The number of nitrogens with zero attached hydrogens (tertiary/aromatic N) is 4. The van der Waals surface area contributed by atoms with E-state index in [9.17, 15) is 14.0 Å². The summed E-state index contributed by atoms with van der Waals surface area (Å²) in [4.78, 5) is 36.8. The summed E-state index contributed by atoms with van der Waals surface area (Å²) in [5.74, 6) is -0.215. The molecule has 2 aliphatic heterocycles. The van der Waals surface area contributed by atoms with Crippen molar-refractivity contribution in [3.05, 3.63) is 35.8 Å². The van der Waals surface area contributed by atoms with Crippen molar-refractivity contribution in [1.29, 1.82) is 5.26 Å². The zero-order chi connectivity index (χ0) is 23.9. The van der Waals surface area contributed by atoms with E-state index in [1.165, 1.54) is 12.1 Å². The second-order valence-corrected chi connectivity index (χ2v) is 8.78. The monoisotopic (exact) mass is 467 g/mol. The number of aromatic nitrogens is 1. The number of amides is 2. The van der Waals surface area contributed by atoms with E-state index < -0.39 is 6.04 Å². The Morgan fingerprint density at radius 3 is 2.79 bits per heavy atom. The third-order valence-electron chi connectivity index (χ3n) is 6.34. The zero-order valence-corrected chi connectivity index (χ0v) is 19.1. The predicted molar refractivity (Wildman–Crippen MR) is 126 cm³/mol. The van der Waals surface area contributed by atoms with Gasteiger partial charge >= 0.3 is 0 Å². The van der Waals surface area contributed by atoms with Gasteiger partial charge in [0.05, 0.1) is 6.54 Å². The quantitative estimate of drug-likeness (QED) is 0.260. The molecule has 2 aromatic rings. The molecule has 0 unspecified atom stereocenters. The topological polar surface area (TPSA) is 117 Å². The van der Waals surface area contributed by atoms with E-state index in [0.717, 1.165) is 55.4 Å². The standard InChI is InChI=1S/C24H30FN7O2/c25-18-7-6-17-13-19(29-21(17)14-18)8-9-27-24(28-16-26)30-20-5-1-2-12-32(23(20)34)15-22(33)31-10-3-4-11-31/h6-7,13-14,20,29H,1-5,8-12,15H2,(H2,27,28,30)/t20-/m0/s1. The second kappa shape index (κ2) is 11.0. The van der Waals surface area contributed by atoms with Crippen LogP contribution < -0.4 is 10.6 Å². The van der Waals surface area contributed by atoms with E-state index in [0.29, 0.717) is 25.9 Å². The Labute approximate surface area is 198 Å². The normalized spacial score (nSPS) is 19.2. The zero-order valence-electron chi connectivity index (χ0n) is 19.1. The number of carbonyl (C=O) groups is 2. The average molecular weight is 468 g/mol. The lowest BCUT2D eigenvalue weighted by molar-refractivity contribution is -0.140. The predicted octanol–water partition coefficient (Wildman–Crippen LogP) is 1.87. The smallest absolute Gasteiger partial charge is 0.245 e. The van der Waals surface area contributed by atoms with E-state index in [4.69, 9.17) is 5.26 Å². The van der Waals surface area contributed by atoms with Crippen LogP contribution in [0, 0.1) is 17.3 Å². The van der Waals surface area contributed by atoms with Gasteiger partial charge in [-0.15, -0.1) is 0 Å². The number of hydrogen-bond donors (Lipinski definition) is 3. The van der Waals surface area contributed by atoms with Gasteiger partial charge in [-0.3, -0.25) is 19.9 Å². The van der Waals surface area contributed by atoms with Crippen molar-refractivity contribution in [2.45, 2.75) is 44.6 Å². The summed E-state index contributed by atoms with van der Waals surface area (Å²) in [7, 11) is 0. The first kappa shape index (κ1) is 23.5. The van der Waals surface area contributed by atoms with Crippen LogP contribution in [0.1, 0.15) is 37.8 Å². The number of fused-ring (bicyclic) bond motifs is 1. The molecule has 34 heavy (non-hydrogen) atoms. The Bertz CT molecular complexity index is 1100. The summed E-state index contributed by atoms with van der Waals surface area (Å²) >= 11 is 0. The van der Waals surface area contributed by atoms with Crippen LogP contribution in [0.15, 0.2) is 29.3 Å². The van der Waals surface area contributed by atoms with Crippen molar-refractivity contribution in [1.82, 2.24) is 25.4 Å². The maximum Gasteiger partial charge on any atom is 0.245 e. The van der Waals surface area contributed by atoms with Crippen molar-refractivity contribution in [2.24, 2.45) is 4.99 Å². The lowest BCUT2D eigenvalue weighted by Gasteiger charge is -2.27. The minimum Gasteiger partial charge on any atom is -0.358 e. The van der Waals surface area contributed by atoms with Crippen LogP contribution in [0.2, 0.25) is 0 Å². The van der Waals surface area contributed by atoms with Gasteiger partial charge in [-0.1, -0.05) is 0 Å². The molecule has 3 N–H and O–H groups in total. The van der Waals surface area contributed by atoms with Crippen LogP contribution >= 0.6 is 0 Å². The molecule has 1 aromatic heterocycles. The second-order valence-electron chi connectivity index (χ2n) is 8.78. The fraction of sp³-hybridized carbons (Fsp3) is 0.500. The molecule has 0 saturated carbocycles. The van der Waals surface area contributed by atoms with E-state index in [1.807, 2.05) is 17.2 Å². The van der Waals surface area contributed by atoms with Crippen molar-refractivity contribution in [2.75, 3.05) is 32.7 Å². The Kier molecular flexibility index (Phi) is 7.62. The number of benzene rings is 1. The highest BCUT2D eigenvalue weighted by Gasteiger charge is 2.30. The molecule has 2 aliphatic rings. The molecule has 2 fully saturated rings. The Hall–Kier alpha value is -3.61. The number of aromatic amines is 1. The number of nitriles is 1. The SMILES string of the molecule is N#CNC(=NCCc1cc2ccc(F)cc2[nH]1)N[C@H]1CCCCN(CC(=O)N2CCCC2)C1=O. The van der Waals surface area contributed by atoms with E-state index in [2.05, 4.69) is 20.6 Å². The van der Waals surface area contributed by atoms with Gasteiger partial charge in [-0.25, -0.2) is 4.39 Å². The molecule has 1 aromatic carbocycles. The van der Waals surface area contributed by atoms with Gasteiger partial charge < -0.3 is 20.1 Å². The Balaban J connectivity index is 1.37. The molecular weight excluding hydrogens is 437 g/mol. The molecule has 1 atom stereocenters. The highest BCUT2D eigenvalue weighted by atomic mass is 19.1. The van der Waals surface area contributed by atoms with Gasteiger partial charge in [-0.2, -0.15) is 5.26 Å². The number of nitrogens with one attached hydrogen (secondary N) is 3. The molecule has 0 aliphatic carbocycles. The van der Waals surface area contributed by atoms with Crippen LogP contribution in [-0.2, 0) is 16.0 Å². The number of rotatable bonds is 6. The number of hydrogen-bond acceptors (Lipinski definition) is 4. The summed E-state index contributed by atoms with van der Waals surface area (Å²) in [5, 5.41) is 15.7. The number of halogens is 1. The van der Waals surface area contributed by atoms with Crippen LogP contribution in [0.4, 0.5) is 4.39 Å². The summed E-state index contributed by atoms with van der Waals surface area (Å²) in [6, 6.07) is 5.98. The molecule has 0 radical (unpaired) electrons. The first-order chi connectivity index (χ1) is 16.5. The Morgan fingerprint density at radius 1 is 1.21 bits per heavy atom. The third-order valence-corrected chi connectivity index (χ3v) is 6.34. The molecule has 180 valence electrons. The molecule has 0 spiro atoms. The van der Waals surface area contributed by atoms with Gasteiger partial charge in [0, 0.05) is 43.8 Å². The largest absolute Gasteiger partial charge is 0.358 e. The molecule has 0 bridgehead atoms. The lowest BCUT2D eigenvalue weighted by Crippen LogP contribution is -2.52. The fourth-order valence-electron chi connectivity index (χ4n) is 4.55. The highest BCUT2D eigenvalue weighted by molar-refractivity contribution is 5.92. The number of likely N-dealkylation sites (tertiary alicyclic amines) is 2. The lowest BCUT2D eigenvalue weighted by atomic mass is 10.1. The van der Waals surface area contributed by atoms with Crippen molar-refractivity contribution >= 4 is 28.7 Å². The fourth-order valence-corrected chi connectivity index (χ4v) is 4.55. The number of aliphatic imine (C=N–C) groups is 1. The maximum atomic E-state index is 13.4. The summed E-state index contributed by atoms with van der Waals surface area (Å²) in [5.41, 5.74) is 1.62. The van der Waals surface area contributed by atoms with Crippen LogP contribution in [-0.4, -0.2) is 71.3 Å². The van der Waals surface area contributed by atoms with Gasteiger partial charge in [0.2, 0.25) is 17.8 Å². The molecule has 4 rings (SSSR count). The van der Waals surface area contributed by atoms with E-state index >= 15 is 0 Å². The van der Waals surface area contributed by atoms with Crippen LogP contribution in [0.25, 0.3) is 10.9 Å². The molecule has 2 saturated heterocycles. The molecule has 9 nitrogen and oxygen atoms in total. The minimum atomic E-state index is -0.551. The van der Waals surface area contributed by atoms with E-state index in [-0.39, 0.29) is 30.1 Å². The van der Waals surface area contributed by atoms with Crippen LogP contribution in [0.5, 0.6) is 0 Å². The minimum absolute atomic E-state index is 0.00578. The third kappa shape index (κ3) is 5.84. The van der Waals surface area contributed by atoms with Gasteiger partial charge in [0.25, 0.3) is 0 Å². The number of guanidine groups is 1. The maximum absolute atomic E-state index is 13.4. The van der Waals surface area contributed by atoms with Crippen molar-refractivity contribution < 1.29 is 14.0 Å². The van der Waals surface area contributed by atoms with Crippen LogP contribution in [0.3, 0.4) is 0 Å². The van der Waals surface area contributed by atoms with E-state index in [1.54, 1.807) is 11.0 Å². The summed E-state index contributed by atoms with van der Waals surface area (Å²) < 4.78 is 13.4. The molecule has 3 heterocycles. The van der Waals surface area contributed by atoms with Gasteiger partial charge in [-0.05, 0) is 61.8 Å². The van der Waals surface area contributed by atoms with Gasteiger partial charge in [0.1, 0.15) is 11.9 Å². The molecule has 10 heteroatoms. The van der Waals surface area contributed by atoms with Crippen molar-refractivity contribution in [3.63, 3.8) is 0 Å². The number of H-pyrrole nitrogens is 1. The Morgan fingerprint density at radius 2 is 2.00 bits per heavy atom.